The molecule has 240 valence electrons. The standard InChI is InChI=1S/C35H30N8O3S2/c1-21(40-34(44)32-33(36)39-20-29(41-32)25-15-26(18-37-17-25)42-48(3,4)46)30-16-24-10-8-9-23(13-14-28-19-38-22(2)47-28)31(24)35(45)43(30)27-11-6-5-7-12-27/h5-12,15-21H,3H2,1-2,4H3,(H2,36,39)(H,40,44)(H,42,46)/t21-,48?/m0/s1. The fourth-order valence-corrected chi connectivity index (χ4v) is 6.37. The van der Waals surface area contributed by atoms with Gasteiger partial charge in [-0.3, -0.25) is 19.1 Å². The summed E-state index contributed by atoms with van der Waals surface area (Å²) in [5.41, 5.74) is 8.82. The Labute approximate surface area is 281 Å². The number of para-hydroxylation sites is 1. The van der Waals surface area contributed by atoms with Crippen LogP contribution in [-0.2, 0) is 9.71 Å². The van der Waals surface area contributed by atoms with Gasteiger partial charge in [0, 0.05) is 44.7 Å². The van der Waals surface area contributed by atoms with Crippen molar-refractivity contribution in [2.75, 3.05) is 16.7 Å². The lowest BCUT2D eigenvalue weighted by Crippen LogP contribution is -2.33. The molecular formula is C35H30N8O3S2. The lowest BCUT2D eigenvalue weighted by molar-refractivity contribution is 0.0934. The molecule has 13 heteroatoms. The number of nitrogens with zero attached hydrogens (tertiary/aromatic N) is 5. The quantitative estimate of drug-likeness (QED) is 0.162. The SMILES string of the molecule is C=S(C)(=O)Nc1cncc(-c2cnc(N)c(C(=O)N[C@@H](C)c3cc4cccc(C#Cc5cnc(C)s5)c4c(=O)n3-c3ccccc3)n2)c1. The summed E-state index contributed by atoms with van der Waals surface area (Å²) in [6.07, 6.45) is 7.66. The van der Waals surface area contributed by atoms with Gasteiger partial charge in [-0.05, 0) is 61.4 Å². The van der Waals surface area contributed by atoms with E-state index in [4.69, 9.17) is 5.73 Å². The van der Waals surface area contributed by atoms with Crippen LogP contribution in [-0.4, -0.2) is 46.7 Å². The van der Waals surface area contributed by atoms with Crippen molar-refractivity contribution >= 4 is 55.1 Å². The molecule has 11 nitrogen and oxygen atoms in total. The third-order valence-corrected chi connectivity index (χ3v) is 8.70. The number of carbonyl (C=O) groups excluding carboxylic acids is 1. The van der Waals surface area contributed by atoms with Gasteiger partial charge in [-0.15, -0.1) is 11.3 Å². The van der Waals surface area contributed by atoms with Gasteiger partial charge >= 0.3 is 0 Å². The van der Waals surface area contributed by atoms with Crippen LogP contribution in [0.25, 0.3) is 27.7 Å². The topological polar surface area (TPSA) is 158 Å². The second-order valence-corrected chi connectivity index (χ2v) is 14.5. The number of aryl methyl sites for hydroxylation is 1. The highest BCUT2D eigenvalue weighted by Gasteiger charge is 2.22. The van der Waals surface area contributed by atoms with E-state index in [1.807, 2.05) is 61.5 Å². The van der Waals surface area contributed by atoms with E-state index in [0.717, 1.165) is 9.88 Å². The molecule has 0 aliphatic carbocycles. The van der Waals surface area contributed by atoms with E-state index in [0.29, 0.717) is 44.7 Å². The zero-order chi connectivity index (χ0) is 34.0. The van der Waals surface area contributed by atoms with Gasteiger partial charge < -0.3 is 15.8 Å². The van der Waals surface area contributed by atoms with Crippen molar-refractivity contribution in [3.05, 3.63) is 123 Å². The number of nitrogen functional groups attached to an aromatic ring is 1. The van der Waals surface area contributed by atoms with Crippen LogP contribution < -0.4 is 21.3 Å². The zero-order valence-corrected chi connectivity index (χ0v) is 27.9. The summed E-state index contributed by atoms with van der Waals surface area (Å²) in [5.74, 6) is 9.24. The lowest BCUT2D eigenvalue weighted by atomic mass is 10.0. The monoisotopic (exact) mass is 674 g/mol. The molecular weight excluding hydrogens is 645 g/mol. The van der Waals surface area contributed by atoms with Gasteiger partial charge in [0.1, 0.15) is 0 Å². The Morgan fingerprint density at radius 3 is 2.56 bits per heavy atom. The molecule has 1 unspecified atom stereocenters. The van der Waals surface area contributed by atoms with E-state index in [1.54, 1.807) is 30.0 Å². The molecule has 6 rings (SSSR count). The highest BCUT2D eigenvalue weighted by Crippen LogP contribution is 2.25. The van der Waals surface area contributed by atoms with Crippen molar-refractivity contribution in [2.45, 2.75) is 19.9 Å². The molecule has 2 aromatic carbocycles. The highest BCUT2D eigenvalue weighted by molar-refractivity contribution is 8.00. The van der Waals surface area contributed by atoms with Crippen molar-refractivity contribution < 1.29 is 9.00 Å². The first-order valence-electron chi connectivity index (χ1n) is 14.6. The van der Waals surface area contributed by atoms with Crippen LogP contribution in [0.4, 0.5) is 11.5 Å². The zero-order valence-electron chi connectivity index (χ0n) is 26.2. The molecule has 0 bridgehead atoms. The van der Waals surface area contributed by atoms with Crippen LogP contribution in [0.3, 0.4) is 0 Å². The predicted octanol–water partition coefficient (Wildman–Crippen LogP) is 4.75. The molecule has 0 saturated carbocycles. The van der Waals surface area contributed by atoms with E-state index in [2.05, 4.69) is 47.7 Å². The summed E-state index contributed by atoms with van der Waals surface area (Å²) >= 11 is 1.48. The van der Waals surface area contributed by atoms with Gasteiger partial charge in [0.25, 0.3) is 11.5 Å². The molecule has 0 radical (unpaired) electrons. The maximum absolute atomic E-state index is 14.3. The lowest BCUT2D eigenvalue weighted by Gasteiger charge is -2.21. The van der Waals surface area contributed by atoms with Crippen molar-refractivity contribution in [3.63, 3.8) is 0 Å². The van der Waals surface area contributed by atoms with Gasteiger partial charge in [0.05, 0.1) is 51.3 Å². The minimum absolute atomic E-state index is 0.0710. The normalized spacial score (nSPS) is 12.8. The van der Waals surface area contributed by atoms with Gasteiger partial charge in [-0.2, -0.15) is 0 Å². The van der Waals surface area contributed by atoms with E-state index in [-0.39, 0.29) is 17.1 Å². The van der Waals surface area contributed by atoms with Gasteiger partial charge in [-0.1, -0.05) is 36.3 Å². The maximum Gasteiger partial charge on any atom is 0.274 e. The Morgan fingerprint density at radius 2 is 1.83 bits per heavy atom. The molecule has 4 heterocycles. The number of hydrogen-bond donors (Lipinski definition) is 3. The van der Waals surface area contributed by atoms with Crippen molar-refractivity contribution in [1.29, 1.82) is 0 Å². The Morgan fingerprint density at radius 1 is 1.04 bits per heavy atom. The molecule has 4 aromatic heterocycles. The van der Waals surface area contributed by atoms with Crippen LogP contribution in [0.1, 0.15) is 44.6 Å². The third kappa shape index (κ3) is 6.95. The molecule has 1 amide bonds. The average Bonchev–Trinajstić information content (AvgIpc) is 3.48. The van der Waals surface area contributed by atoms with Crippen molar-refractivity contribution in [3.8, 4) is 28.8 Å². The minimum atomic E-state index is -2.54. The van der Waals surface area contributed by atoms with Crippen LogP contribution in [0.2, 0.25) is 0 Å². The molecule has 2 atom stereocenters. The van der Waals surface area contributed by atoms with E-state index in [1.165, 1.54) is 30.0 Å². The molecule has 4 N–H and O–H groups in total. The number of fused-ring (bicyclic) bond motifs is 1. The van der Waals surface area contributed by atoms with Crippen molar-refractivity contribution in [2.24, 2.45) is 0 Å². The highest BCUT2D eigenvalue weighted by atomic mass is 32.2. The number of aromatic nitrogens is 5. The smallest absolute Gasteiger partial charge is 0.274 e. The minimum Gasteiger partial charge on any atom is -0.382 e. The van der Waals surface area contributed by atoms with Crippen LogP contribution in [0, 0.1) is 18.8 Å². The van der Waals surface area contributed by atoms with E-state index < -0.39 is 21.7 Å². The number of nitrogens with one attached hydrogen (secondary N) is 2. The molecule has 48 heavy (non-hydrogen) atoms. The number of thiazole rings is 1. The number of carbonyl (C=O) groups is 1. The molecule has 0 fully saturated rings. The summed E-state index contributed by atoms with van der Waals surface area (Å²) in [6.45, 7) is 3.69. The van der Waals surface area contributed by atoms with Gasteiger partial charge in [0.15, 0.2) is 11.5 Å². The molecule has 0 saturated heterocycles. The third-order valence-electron chi connectivity index (χ3n) is 7.21. The predicted molar refractivity (Wildman–Crippen MR) is 193 cm³/mol. The first-order valence-corrected chi connectivity index (χ1v) is 17.6. The summed E-state index contributed by atoms with van der Waals surface area (Å²) < 4.78 is 16.5. The molecule has 6 aromatic rings. The Kier molecular flexibility index (Phi) is 8.77. The van der Waals surface area contributed by atoms with Crippen molar-refractivity contribution in [1.82, 2.24) is 29.8 Å². The molecule has 0 aliphatic heterocycles. The largest absolute Gasteiger partial charge is 0.382 e. The summed E-state index contributed by atoms with van der Waals surface area (Å²) in [5, 5.41) is 5.00. The summed E-state index contributed by atoms with van der Waals surface area (Å²) in [6, 6.07) is 17.6. The molecule has 0 aliphatic rings. The van der Waals surface area contributed by atoms with Gasteiger partial charge in [-0.25, -0.2) is 19.2 Å². The van der Waals surface area contributed by atoms with E-state index >= 15 is 0 Å². The second kappa shape index (κ2) is 13.1. The average molecular weight is 675 g/mol. The van der Waals surface area contributed by atoms with Gasteiger partial charge in [0.2, 0.25) is 0 Å². The second-order valence-electron chi connectivity index (χ2n) is 11.1. The number of pyridine rings is 2. The number of hydrogen-bond acceptors (Lipinski definition) is 9. The Balaban J connectivity index is 1.38. The maximum atomic E-state index is 14.3. The van der Waals surface area contributed by atoms with Crippen LogP contribution >= 0.6 is 11.3 Å². The van der Waals surface area contributed by atoms with Crippen LogP contribution in [0.5, 0.6) is 0 Å². The number of amides is 1. The number of anilines is 2. The summed E-state index contributed by atoms with van der Waals surface area (Å²) in [4.78, 5) is 45.9. The fraction of sp³-hybridized carbons (Fsp3) is 0.114. The first kappa shape index (κ1) is 32.1. The first-order chi connectivity index (χ1) is 23.0. The van der Waals surface area contributed by atoms with Crippen LogP contribution in [0.15, 0.2) is 90.2 Å². The Bertz CT molecular complexity index is 2430. The summed E-state index contributed by atoms with van der Waals surface area (Å²) in [7, 11) is -2.54. The number of rotatable bonds is 7. The Hall–Kier alpha value is -5.84. The number of nitrogens with two attached hydrogens (primary N) is 1. The number of benzene rings is 2. The fourth-order valence-electron chi connectivity index (χ4n) is 5.13. The molecule has 0 spiro atoms. The van der Waals surface area contributed by atoms with E-state index in [9.17, 15) is 13.8 Å².